The number of aliphatic hydroxyl groups excluding tert-OH is 1. The highest BCUT2D eigenvalue weighted by Gasteiger charge is 2.49. The minimum Gasteiger partial charge on any atom is -0.439 e. The number of hydrogen-bond donors (Lipinski definition) is 2. The number of ketones is 1. The monoisotopic (exact) mass is 525 g/mol. The van der Waals surface area contributed by atoms with Gasteiger partial charge in [-0.25, -0.2) is 9.69 Å². The third kappa shape index (κ3) is 5.52. The van der Waals surface area contributed by atoms with Gasteiger partial charge in [0.15, 0.2) is 11.6 Å². The first-order valence-corrected chi connectivity index (χ1v) is 11.6. The van der Waals surface area contributed by atoms with Crippen LogP contribution in [0.5, 0.6) is 0 Å². The molecule has 5 atom stereocenters. The van der Waals surface area contributed by atoms with Crippen molar-refractivity contribution in [2.75, 3.05) is 19.8 Å². The van der Waals surface area contributed by atoms with Gasteiger partial charge in [0.25, 0.3) is 0 Å². The van der Waals surface area contributed by atoms with E-state index in [1.165, 1.54) is 13.0 Å². The Bertz CT molecular complexity index is 907. The quantitative estimate of drug-likeness (QED) is 0.471. The Morgan fingerprint density at radius 3 is 2.64 bits per heavy atom. The second-order valence-corrected chi connectivity index (χ2v) is 8.96. The van der Waals surface area contributed by atoms with Crippen molar-refractivity contribution in [1.29, 1.82) is 0 Å². The van der Waals surface area contributed by atoms with E-state index in [1.54, 1.807) is 6.92 Å². The number of hydrogen-bond acceptors (Lipinski definition) is 8. The van der Waals surface area contributed by atoms with Crippen LogP contribution in [0.4, 0.5) is 4.79 Å². The third-order valence-corrected chi connectivity index (χ3v) is 6.61. The summed E-state index contributed by atoms with van der Waals surface area (Å²) in [6, 6.07) is 8.51. The van der Waals surface area contributed by atoms with Crippen molar-refractivity contribution in [2.24, 2.45) is 5.92 Å². The summed E-state index contributed by atoms with van der Waals surface area (Å²) >= 11 is 3.18. The van der Waals surface area contributed by atoms with E-state index in [1.807, 2.05) is 30.3 Å². The molecule has 1 fully saturated rings. The Morgan fingerprint density at radius 1 is 1.27 bits per heavy atom. The molecule has 3 rings (SSSR count). The topological polar surface area (TPSA) is 123 Å². The van der Waals surface area contributed by atoms with E-state index in [0.717, 1.165) is 10.5 Å². The summed E-state index contributed by atoms with van der Waals surface area (Å²) in [5.41, 5.74) is 0.760. The molecule has 0 radical (unpaired) electrons. The number of ether oxygens (including phenoxy) is 3. The van der Waals surface area contributed by atoms with Gasteiger partial charge < -0.3 is 24.4 Å². The van der Waals surface area contributed by atoms with Crippen LogP contribution in [-0.4, -0.2) is 70.7 Å². The zero-order chi connectivity index (χ0) is 24.2. The lowest BCUT2D eigenvalue weighted by molar-refractivity contribution is -0.217. The number of carbonyl (C=O) groups excluding carboxylic acids is 3. The van der Waals surface area contributed by atoms with Crippen molar-refractivity contribution in [3.8, 4) is 0 Å². The van der Waals surface area contributed by atoms with E-state index in [9.17, 15) is 19.5 Å². The second-order valence-electron chi connectivity index (χ2n) is 8.11. The maximum Gasteiger partial charge on any atom is 0.417 e. The number of benzene rings is 1. The lowest BCUT2D eigenvalue weighted by Gasteiger charge is -2.37. The summed E-state index contributed by atoms with van der Waals surface area (Å²) in [6.07, 6.45) is -1.01. The van der Waals surface area contributed by atoms with Gasteiger partial charge in [0.05, 0.1) is 29.7 Å². The first-order valence-electron chi connectivity index (χ1n) is 10.8. The van der Waals surface area contributed by atoms with Crippen molar-refractivity contribution < 1.29 is 38.8 Å². The zero-order valence-electron chi connectivity index (χ0n) is 18.5. The fourth-order valence-electron chi connectivity index (χ4n) is 3.95. The average molecular weight is 526 g/mol. The summed E-state index contributed by atoms with van der Waals surface area (Å²) in [4.78, 5) is 39.4. The van der Waals surface area contributed by atoms with E-state index in [2.05, 4.69) is 15.9 Å². The van der Waals surface area contributed by atoms with Crippen LogP contribution >= 0.6 is 15.9 Å². The molecule has 2 aliphatic rings. The van der Waals surface area contributed by atoms with Crippen LogP contribution in [0.1, 0.15) is 38.4 Å². The number of amides is 2. The average Bonchev–Trinajstić information content (AvgIpc) is 3.10. The molecule has 10 heteroatoms. The molecule has 0 aromatic heterocycles. The molecule has 180 valence electrons. The number of imide groups is 1. The van der Waals surface area contributed by atoms with Crippen molar-refractivity contribution >= 4 is 33.7 Å². The highest BCUT2D eigenvalue weighted by Crippen LogP contribution is 2.38. The lowest BCUT2D eigenvalue weighted by Crippen LogP contribution is -2.52. The minimum atomic E-state index is -1.82. The summed E-state index contributed by atoms with van der Waals surface area (Å²) in [5, 5.41) is 19.7. The molecule has 0 bridgehead atoms. The van der Waals surface area contributed by atoms with Gasteiger partial charge in [-0.2, -0.15) is 0 Å². The smallest absolute Gasteiger partial charge is 0.417 e. The van der Waals surface area contributed by atoms with Gasteiger partial charge in [0, 0.05) is 13.0 Å². The number of nitrogens with zero attached hydrogens (tertiary/aromatic N) is 1. The molecule has 0 spiro atoms. The highest BCUT2D eigenvalue weighted by atomic mass is 79.9. The molecule has 33 heavy (non-hydrogen) atoms. The number of carbonyl (C=O) groups is 3. The van der Waals surface area contributed by atoms with Crippen LogP contribution in [0.2, 0.25) is 0 Å². The highest BCUT2D eigenvalue weighted by molar-refractivity contribution is 9.11. The molecular weight excluding hydrogens is 498 g/mol. The Morgan fingerprint density at radius 2 is 1.97 bits per heavy atom. The summed E-state index contributed by atoms with van der Waals surface area (Å²) in [7, 11) is 0. The number of aliphatic hydroxyl groups is 2. The third-order valence-electron chi connectivity index (χ3n) is 5.76. The van der Waals surface area contributed by atoms with Crippen LogP contribution in [0.3, 0.4) is 0 Å². The molecule has 9 nitrogen and oxygen atoms in total. The van der Waals surface area contributed by atoms with Crippen LogP contribution < -0.4 is 0 Å². The van der Waals surface area contributed by atoms with E-state index >= 15 is 0 Å². The number of cyclic esters (lactones) is 1. The van der Waals surface area contributed by atoms with Crippen LogP contribution in [0, 0.1) is 5.92 Å². The largest absolute Gasteiger partial charge is 0.439 e. The van der Waals surface area contributed by atoms with Gasteiger partial charge in [0.2, 0.25) is 5.91 Å². The molecule has 2 amide bonds. The van der Waals surface area contributed by atoms with Gasteiger partial charge in [-0.1, -0.05) is 37.3 Å². The Kier molecular flexibility index (Phi) is 8.41. The first kappa shape index (κ1) is 25.5. The van der Waals surface area contributed by atoms with E-state index in [4.69, 9.17) is 19.3 Å². The molecule has 2 heterocycles. The Balaban J connectivity index is 1.71. The molecule has 1 aromatic rings. The predicted molar refractivity (Wildman–Crippen MR) is 120 cm³/mol. The van der Waals surface area contributed by atoms with Crippen molar-refractivity contribution in [2.45, 2.75) is 50.7 Å². The molecule has 1 saturated heterocycles. The van der Waals surface area contributed by atoms with Crippen LogP contribution in [0.15, 0.2) is 40.9 Å². The fourth-order valence-corrected chi connectivity index (χ4v) is 4.46. The molecule has 0 saturated carbocycles. The van der Waals surface area contributed by atoms with E-state index in [-0.39, 0.29) is 30.7 Å². The molecule has 1 aromatic carbocycles. The molecule has 0 unspecified atom stereocenters. The number of halogens is 1. The van der Waals surface area contributed by atoms with Gasteiger partial charge in [0.1, 0.15) is 12.2 Å². The van der Waals surface area contributed by atoms with Gasteiger partial charge in [-0.3, -0.25) is 9.59 Å². The van der Waals surface area contributed by atoms with E-state index < -0.39 is 47.7 Å². The Labute approximate surface area is 200 Å². The van der Waals surface area contributed by atoms with Crippen molar-refractivity contribution in [1.82, 2.24) is 4.90 Å². The van der Waals surface area contributed by atoms with Crippen LogP contribution in [0.25, 0.3) is 0 Å². The van der Waals surface area contributed by atoms with Gasteiger partial charge in [-0.15, -0.1) is 0 Å². The maximum atomic E-state index is 13.2. The number of rotatable bonds is 9. The van der Waals surface area contributed by atoms with Gasteiger partial charge in [-0.05, 0) is 40.9 Å². The fraction of sp³-hybridized carbons (Fsp3) is 0.522. The summed E-state index contributed by atoms with van der Waals surface area (Å²) < 4.78 is 16.5. The standard InChI is InChI=1S/C23H28BrNO8/c1-14(19-17(27)13-18(24)23(30,33-19)9-6-11-31-12-10-26)21(28)25-15(2)20(32-22(25)29)16-7-4-3-5-8-16/h3-5,7-8,13-15,19-20,26,30H,6,9-12H2,1-2H3/t14-,15-,19+,20-,23+/m0/s1. The molecular formula is C23H28BrNO8. The lowest BCUT2D eigenvalue weighted by atomic mass is 9.93. The van der Waals surface area contributed by atoms with Crippen LogP contribution in [-0.2, 0) is 23.8 Å². The maximum absolute atomic E-state index is 13.2. The van der Waals surface area contributed by atoms with E-state index in [0.29, 0.717) is 6.42 Å². The molecule has 0 aliphatic carbocycles. The Hall–Kier alpha value is -2.11. The second kappa shape index (κ2) is 10.9. The zero-order valence-corrected chi connectivity index (χ0v) is 20.1. The summed E-state index contributed by atoms with van der Waals surface area (Å²) in [5.74, 6) is -3.98. The predicted octanol–water partition coefficient (Wildman–Crippen LogP) is 2.46. The summed E-state index contributed by atoms with van der Waals surface area (Å²) in [6.45, 7) is 3.53. The van der Waals surface area contributed by atoms with Crippen molar-refractivity contribution in [3.63, 3.8) is 0 Å². The first-order chi connectivity index (χ1) is 15.7. The van der Waals surface area contributed by atoms with Crippen molar-refractivity contribution in [3.05, 3.63) is 46.5 Å². The molecule has 2 N–H and O–H groups in total. The minimum absolute atomic E-state index is 0.0957. The normalized spacial score (nSPS) is 28.5. The molecule has 2 aliphatic heterocycles. The SMILES string of the molecule is C[C@H](C(=O)N1C(=O)O[C@H](c2ccccc2)[C@@H]1C)[C@H]1O[C@](O)(CCCOCCO)C(Br)=CC1=O. The van der Waals surface area contributed by atoms with Gasteiger partial charge >= 0.3 is 6.09 Å².